The number of hydrogen-bond acceptors (Lipinski definition) is 3. The summed E-state index contributed by atoms with van der Waals surface area (Å²) >= 11 is 0. The molecule has 0 spiro atoms. The molecule has 0 aliphatic rings. The third-order valence-corrected chi connectivity index (χ3v) is 1.41. The molecule has 0 radical (unpaired) electrons. The molecule has 1 aromatic carbocycles. The third-order valence-electron chi connectivity index (χ3n) is 1.41. The largest absolute Gasteiger partial charge is 0.508 e. The van der Waals surface area contributed by atoms with E-state index in [4.69, 9.17) is 14.9 Å². The van der Waals surface area contributed by atoms with Gasteiger partial charge in [-0.25, -0.2) is 0 Å². The zero-order chi connectivity index (χ0) is 8.97. The van der Waals surface area contributed by atoms with E-state index in [-0.39, 0.29) is 18.5 Å². The number of rotatable bonds is 3. The minimum Gasteiger partial charge on any atom is -0.508 e. The normalized spacial score (nSPS) is 12.5. The van der Waals surface area contributed by atoms with Crippen LogP contribution in [-0.4, -0.2) is 22.9 Å². The van der Waals surface area contributed by atoms with Crippen LogP contribution in [0.2, 0.25) is 0 Å². The average Bonchev–Trinajstić information content (AvgIpc) is 2.04. The van der Waals surface area contributed by atoms with Crippen molar-refractivity contribution in [3.63, 3.8) is 0 Å². The summed E-state index contributed by atoms with van der Waals surface area (Å²) < 4.78 is 5.23. The molecule has 66 valence electrons. The van der Waals surface area contributed by atoms with Gasteiger partial charge < -0.3 is 14.9 Å². The molecule has 2 N–H and O–H groups in total. The highest BCUT2D eigenvalue weighted by atomic mass is 16.5. The van der Waals surface area contributed by atoms with E-state index in [1.807, 2.05) is 0 Å². The summed E-state index contributed by atoms with van der Waals surface area (Å²) in [6.45, 7) is 1.72. The van der Waals surface area contributed by atoms with Crippen molar-refractivity contribution in [2.24, 2.45) is 0 Å². The highest BCUT2D eigenvalue weighted by Gasteiger charge is 2.01. The molecule has 0 aliphatic heterocycles. The second kappa shape index (κ2) is 3.97. The Hall–Kier alpha value is -1.22. The molecule has 0 saturated heterocycles. The molecule has 0 fully saturated rings. The van der Waals surface area contributed by atoms with Crippen molar-refractivity contribution in [2.45, 2.75) is 13.0 Å². The highest BCUT2D eigenvalue weighted by Crippen LogP contribution is 2.18. The van der Waals surface area contributed by atoms with Crippen molar-refractivity contribution in [2.75, 3.05) is 6.61 Å². The van der Waals surface area contributed by atoms with Crippen molar-refractivity contribution in [3.8, 4) is 11.5 Å². The number of phenols is 1. The van der Waals surface area contributed by atoms with Gasteiger partial charge in [-0.3, -0.25) is 0 Å². The van der Waals surface area contributed by atoms with Crippen LogP contribution in [0.5, 0.6) is 11.5 Å². The van der Waals surface area contributed by atoms with Crippen LogP contribution in [0.15, 0.2) is 24.3 Å². The van der Waals surface area contributed by atoms with E-state index in [9.17, 15) is 0 Å². The zero-order valence-electron chi connectivity index (χ0n) is 6.90. The van der Waals surface area contributed by atoms with Gasteiger partial charge in [-0.15, -0.1) is 0 Å². The van der Waals surface area contributed by atoms with Crippen molar-refractivity contribution >= 4 is 0 Å². The first-order chi connectivity index (χ1) is 5.72. The maximum atomic E-state index is 9.06. The fourth-order valence-corrected chi connectivity index (χ4v) is 0.826. The fraction of sp³-hybridized carbons (Fsp3) is 0.333. The van der Waals surface area contributed by atoms with Gasteiger partial charge in [-0.2, -0.15) is 0 Å². The molecule has 0 bridgehead atoms. The van der Waals surface area contributed by atoms with Crippen LogP contribution in [0, 0.1) is 0 Å². The van der Waals surface area contributed by atoms with Crippen LogP contribution in [0.1, 0.15) is 6.92 Å². The molecule has 12 heavy (non-hydrogen) atoms. The molecule has 1 atom stereocenters. The van der Waals surface area contributed by atoms with E-state index in [0.717, 1.165) is 0 Å². The monoisotopic (exact) mass is 168 g/mol. The molecule has 1 rings (SSSR count). The van der Waals surface area contributed by atoms with Gasteiger partial charge in [0, 0.05) is 6.07 Å². The highest BCUT2D eigenvalue weighted by molar-refractivity contribution is 5.31. The molecule has 3 nitrogen and oxygen atoms in total. The van der Waals surface area contributed by atoms with E-state index < -0.39 is 0 Å². The van der Waals surface area contributed by atoms with E-state index in [1.54, 1.807) is 25.1 Å². The van der Waals surface area contributed by atoms with Crippen molar-refractivity contribution < 1.29 is 14.9 Å². The molecule has 0 aliphatic carbocycles. The first-order valence-electron chi connectivity index (χ1n) is 3.79. The van der Waals surface area contributed by atoms with Crippen LogP contribution < -0.4 is 4.74 Å². The smallest absolute Gasteiger partial charge is 0.123 e. The molecule has 1 unspecified atom stereocenters. The lowest BCUT2D eigenvalue weighted by atomic mass is 10.3. The minimum absolute atomic E-state index is 0.0321. The van der Waals surface area contributed by atoms with Gasteiger partial charge in [0.1, 0.15) is 17.6 Å². The topological polar surface area (TPSA) is 49.7 Å². The molecule has 0 aromatic heterocycles. The summed E-state index contributed by atoms with van der Waals surface area (Å²) in [5, 5.41) is 17.7. The first kappa shape index (κ1) is 8.87. The number of aromatic hydroxyl groups is 1. The second-order valence-corrected chi connectivity index (χ2v) is 2.61. The number of benzene rings is 1. The number of aliphatic hydroxyl groups excluding tert-OH is 1. The predicted molar refractivity (Wildman–Crippen MR) is 45.3 cm³/mol. The van der Waals surface area contributed by atoms with Crippen LogP contribution in [-0.2, 0) is 0 Å². The molecule has 0 saturated carbocycles. The quantitative estimate of drug-likeness (QED) is 0.711. The minimum atomic E-state index is -0.244. The van der Waals surface area contributed by atoms with E-state index >= 15 is 0 Å². The van der Waals surface area contributed by atoms with Gasteiger partial charge in [-0.05, 0) is 19.1 Å². The Morgan fingerprint density at radius 3 is 2.83 bits per heavy atom. The Balaban J connectivity index is 2.63. The summed E-state index contributed by atoms with van der Waals surface area (Å²) in [4.78, 5) is 0. The Kier molecular flexibility index (Phi) is 2.94. The molecule has 0 heterocycles. The Morgan fingerprint density at radius 2 is 2.25 bits per heavy atom. The Bertz CT molecular complexity index is 247. The Morgan fingerprint density at radius 1 is 1.50 bits per heavy atom. The lowest BCUT2D eigenvalue weighted by Gasteiger charge is -2.11. The Labute approximate surface area is 71.2 Å². The van der Waals surface area contributed by atoms with E-state index in [0.29, 0.717) is 5.75 Å². The molecular weight excluding hydrogens is 156 g/mol. The van der Waals surface area contributed by atoms with Gasteiger partial charge in [0.2, 0.25) is 0 Å². The summed E-state index contributed by atoms with van der Waals surface area (Å²) in [5.74, 6) is 0.731. The van der Waals surface area contributed by atoms with Gasteiger partial charge in [-0.1, -0.05) is 6.07 Å². The average molecular weight is 168 g/mol. The van der Waals surface area contributed by atoms with Crippen molar-refractivity contribution in [1.29, 1.82) is 0 Å². The second-order valence-electron chi connectivity index (χ2n) is 2.61. The summed E-state index contributed by atoms with van der Waals surface area (Å²) in [6, 6.07) is 6.49. The van der Waals surface area contributed by atoms with Gasteiger partial charge in [0.15, 0.2) is 0 Å². The maximum absolute atomic E-state index is 9.06. The van der Waals surface area contributed by atoms with Gasteiger partial charge >= 0.3 is 0 Å². The van der Waals surface area contributed by atoms with Crippen LogP contribution >= 0.6 is 0 Å². The summed E-state index contributed by atoms with van der Waals surface area (Å²) in [7, 11) is 0. The third kappa shape index (κ3) is 2.43. The number of phenolic OH excluding ortho intramolecular Hbond substituents is 1. The van der Waals surface area contributed by atoms with E-state index in [2.05, 4.69) is 0 Å². The molecule has 3 heteroatoms. The fourth-order valence-electron chi connectivity index (χ4n) is 0.826. The maximum Gasteiger partial charge on any atom is 0.123 e. The number of aliphatic hydroxyl groups is 1. The van der Waals surface area contributed by atoms with Gasteiger partial charge in [0.25, 0.3) is 0 Å². The zero-order valence-corrected chi connectivity index (χ0v) is 6.90. The van der Waals surface area contributed by atoms with Crippen LogP contribution in [0.3, 0.4) is 0 Å². The predicted octanol–water partition coefficient (Wildman–Crippen LogP) is 1.15. The lowest BCUT2D eigenvalue weighted by molar-refractivity contribution is 0.129. The summed E-state index contributed by atoms with van der Waals surface area (Å²) in [5.41, 5.74) is 0. The summed E-state index contributed by atoms with van der Waals surface area (Å²) in [6.07, 6.45) is -0.244. The molecule has 0 amide bonds. The van der Waals surface area contributed by atoms with Crippen molar-refractivity contribution in [3.05, 3.63) is 24.3 Å². The van der Waals surface area contributed by atoms with Crippen LogP contribution in [0.25, 0.3) is 0 Å². The number of hydrogen-bond donors (Lipinski definition) is 2. The number of ether oxygens (including phenoxy) is 1. The van der Waals surface area contributed by atoms with Crippen LogP contribution in [0.4, 0.5) is 0 Å². The van der Waals surface area contributed by atoms with Crippen molar-refractivity contribution in [1.82, 2.24) is 0 Å². The molecular formula is C9H12O3. The SMILES string of the molecule is CC(CO)Oc1cccc(O)c1. The van der Waals surface area contributed by atoms with E-state index in [1.165, 1.54) is 6.07 Å². The molecule has 1 aromatic rings. The lowest BCUT2D eigenvalue weighted by Crippen LogP contribution is -2.15. The van der Waals surface area contributed by atoms with Gasteiger partial charge in [0.05, 0.1) is 6.61 Å². The standard InChI is InChI=1S/C9H12O3/c1-7(6-10)12-9-4-2-3-8(11)5-9/h2-5,7,10-11H,6H2,1H3. The first-order valence-corrected chi connectivity index (χ1v) is 3.79.